The van der Waals surface area contributed by atoms with E-state index >= 15 is 0 Å². The van der Waals surface area contributed by atoms with Gasteiger partial charge in [-0.15, -0.1) is 0 Å². The van der Waals surface area contributed by atoms with E-state index in [1.807, 2.05) is 51.4 Å². The van der Waals surface area contributed by atoms with Gasteiger partial charge in [0.1, 0.15) is 17.1 Å². The number of carbonyl (C=O) groups excluding carboxylic acids is 1. The van der Waals surface area contributed by atoms with Crippen molar-refractivity contribution in [3.05, 3.63) is 53.8 Å². The van der Waals surface area contributed by atoms with Crippen molar-refractivity contribution in [2.75, 3.05) is 38.7 Å². The molecule has 1 aromatic heterocycles. The minimum atomic E-state index is -0.378. The number of hydrogen-bond acceptors (Lipinski definition) is 5. The standard InChI is InChI=1S/C21H24FN3O2S/c1-15-8-4-5-10-17(15)27-14-19(26)25(13-7-12-24(2)3)21-23-20-16(22)9-6-11-18(20)28-21/h4-6,8-11H,7,12-14H2,1-3H3. The second-order valence-electron chi connectivity index (χ2n) is 6.84. The summed E-state index contributed by atoms with van der Waals surface area (Å²) in [6.07, 6.45) is 0.779. The van der Waals surface area contributed by atoms with Gasteiger partial charge in [-0.3, -0.25) is 9.69 Å². The molecule has 0 saturated carbocycles. The third kappa shape index (κ3) is 4.85. The highest BCUT2D eigenvalue weighted by molar-refractivity contribution is 7.22. The zero-order chi connectivity index (χ0) is 20.1. The monoisotopic (exact) mass is 401 g/mol. The van der Waals surface area contributed by atoms with E-state index in [1.54, 1.807) is 11.0 Å². The maximum absolute atomic E-state index is 14.0. The third-order valence-electron chi connectivity index (χ3n) is 4.32. The van der Waals surface area contributed by atoms with Crippen LogP contribution < -0.4 is 9.64 Å². The second-order valence-corrected chi connectivity index (χ2v) is 7.85. The van der Waals surface area contributed by atoms with Crippen LogP contribution in [-0.4, -0.2) is 49.6 Å². The van der Waals surface area contributed by atoms with Gasteiger partial charge in [0.25, 0.3) is 5.91 Å². The number of para-hydroxylation sites is 2. The lowest BCUT2D eigenvalue weighted by Crippen LogP contribution is -2.37. The highest BCUT2D eigenvalue weighted by Gasteiger charge is 2.21. The van der Waals surface area contributed by atoms with Gasteiger partial charge in [-0.05, 0) is 57.7 Å². The molecule has 1 amide bonds. The lowest BCUT2D eigenvalue weighted by molar-refractivity contribution is -0.120. The summed E-state index contributed by atoms with van der Waals surface area (Å²) in [4.78, 5) is 21.0. The topological polar surface area (TPSA) is 45.7 Å². The molecule has 3 rings (SSSR count). The fourth-order valence-corrected chi connectivity index (χ4v) is 3.85. The van der Waals surface area contributed by atoms with Gasteiger partial charge >= 0.3 is 0 Å². The highest BCUT2D eigenvalue weighted by atomic mass is 32.1. The molecule has 0 bridgehead atoms. The first kappa shape index (κ1) is 20.2. The van der Waals surface area contributed by atoms with Crippen molar-refractivity contribution >= 4 is 32.6 Å². The quantitative estimate of drug-likeness (QED) is 0.570. The van der Waals surface area contributed by atoms with Crippen LogP contribution in [0.2, 0.25) is 0 Å². The lowest BCUT2D eigenvalue weighted by Gasteiger charge is -2.21. The Morgan fingerprint density at radius 3 is 2.64 bits per heavy atom. The summed E-state index contributed by atoms with van der Waals surface area (Å²) < 4.78 is 20.5. The number of aryl methyl sites for hydroxylation is 1. The third-order valence-corrected chi connectivity index (χ3v) is 5.37. The van der Waals surface area contributed by atoms with Gasteiger partial charge in [-0.2, -0.15) is 0 Å². The van der Waals surface area contributed by atoms with Crippen LogP contribution in [-0.2, 0) is 4.79 Å². The molecule has 7 heteroatoms. The number of thiazole rings is 1. The fourth-order valence-electron chi connectivity index (χ4n) is 2.83. The van der Waals surface area contributed by atoms with Crippen molar-refractivity contribution in [2.24, 2.45) is 0 Å². The minimum absolute atomic E-state index is 0.0920. The molecule has 0 aliphatic carbocycles. The Morgan fingerprint density at radius 1 is 1.14 bits per heavy atom. The summed E-state index contributed by atoms with van der Waals surface area (Å²) in [5.41, 5.74) is 1.27. The SMILES string of the molecule is Cc1ccccc1OCC(=O)N(CCCN(C)C)c1nc2c(F)cccc2s1. The molecule has 0 spiro atoms. The van der Waals surface area contributed by atoms with Crippen molar-refractivity contribution in [1.82, 2.24) is 9.88 Å². The number of fused-ring (bicyclic) bond motifs is 1. The Balaban J connectivity index is 1.79. The molecule has 2 aromatic carbocycles. The molecule has 0 radical (unpaired) electrons. The van der Waals surface area contributed by atoms with Gasteiger partial charge in [0.05, 0.1) is 4.70 Å². The number of amides is 1. The maximum Gasteiger partial charge on any atom is 0.266 e. The molecule has 0 aliphatic rings. The van der Waals surface area contributed by atoms with Crippen molar-refractivity contribution in [3.63, 3.8) is 0 Å². The van der Waals surface area contributed by atoms with Crippen LogP contribution in [0.5, 0.6) is 5.75 Å². The second kappa shape index (κ2) is 9.12. The predicted octanol–water partition coefficient (Wildman–Crippen LogP) is 4.11. The molecule has 5 nitrogen and oxygen atoms in total. The first-order valence-electron chi connectivity index (χ1n) is 9.14. The number of ether oxygens (including phenoxy) is 1. The number of hydrogen-bond donors (Lipinski definition) is 0. The number of nitrogens with zero attached hydrogens (tertiary/aromatic N) is 3. The average molecular weight is 402 g/mol. The Bertz CT molecular complexity index is 958. The number of carbonyl (C=O) groups is 1. The molecule has 148 valence electrons. The van der Waals surface area contributed by atoms with E-state index in [2.05, 4.69) is 9.88 Å². The Morgan fingerprint density at radius 2 is 1.93 bits per heavy atom. The molecule has 0 aliphatic heterocycles. The van der Waals surface area contributed by atoms with Gasteiger partial charge < -0.3 is 9.64 Å². The van der Waals surface area contributed by atoms with Crippen LogP contribution in [0.25, 0.3) is 10.2 Å². The molecule has 28 heavy (non-hydrogen) atoms. The van der Waals surface area contributed by atoms with Gasteiger partial charge in [0.2, 0.25) is 0 Å². The van der Waals surface area contributed by atoms with Gasteiger partial charge in [-0.25, -0.2) is 9.37 Å². The van der Waals surface area contributed by atoms with E-state index in [0.717, 1.165) is 23.2 Å². The largest absolute Gasteiger partial charge is 0.483 e. The van der Waals surface area contributed by atoms with Crippen molar-refractivity contribution < 1.29 is 13.9 Å². The summed E-state index contributed by atoms with van der Waals surface area (Å²) >= 11 is 1.32. The summed E-state index contributed by atoms with van der Waals surface area (Å²) in [5, 5.41) is 0.497. The van der Waals surface area contributed by atoms with E-state index in [1.165, 1.54) is 17.4 Å². The average Bonchev–Trinajstić information content (AvgIpc) is 3.09. The van der Waals surface area contributed by atoms with Crippen LogP contribution >= 0.6 is 11.3 Å². The maximum atomic E-state index is 14.0. The molecule has 0 saturated heterocycles. The van der Waals surface area contributed by atoms with Crippen LogP contribution in [0.15, 0.2) is 42.5 Å². The molecule has 0 unspecified atom stereocenters. The fraction of sp³-hybridized carbons (Fsp3) is 0.333. The number of benzene rings is 2. The predicted molar refractivity (Wildman–Crippen MR) is 112 cm³/mol. The number of halogens is 1. The highest BCUT2D eigenvalue weighted by Crippen LogP contribution is 2.30. The van der Waals surface area contributed by atoms with E-state index in [0.29, 0.717) is 22.9 Å². The van der Waals surface area contributed by atoms with Crippen molar-refractivity contribution in [1.29, 1.82) is 0 Å². The summed E-state index contributed by atoms with van der Waals surface area (Å²) in [7, 11) is 3.97. The summed E-state index contributed by atoms with van der Waals surface area (Å²) in [5.74, 6) is 0.109. The molecular weight excluding hydrogens is 377 g/mol. The van der Waals surface area contributed by atoms with Crippen molar-refractivity contribution in [3.8, 4) is 5.75 Å². The molecular formula is C21H24FN3O2S. The van der Waals surface area contributed by atoms with E-state index < -0.39 is 0 Å². The Hall–Kier alpha value is -2.51. The van der Waals surface area contributed by atoms with E-state index in [4.69, 9.17) is 4.74 Å². The summed E-state index contributed by atoms with van der Waals surface area (Å²) in [6, 6.07) is 12.4. The molecule has 3 aromatic rings. The van der Waals surface area contributed by atoms with Crippen LogP contribution in [0.3, 0.4) is 0 Å². The Labute approximate surface area is 168 Å². The molecule has 0 atom stereocenters. The van der Waals surface area contributed by atoms with Crippen LogP contribution in [0.1, 0.15) is 12.0 Å². The number of anilines is 1. The number of rotatable bonds is 8. The van der Waals surface area contributed by atoms with Gasteiger partial charge in [0, 0.05) is 6.54 Å². The smallest absolute Gasteiger partial charge is 0.266 e. The zero-order valence-corrected chi connectivity index (χ0v) is 17.1. The van der Waals surface area contributed by atoms with Crippen LogP contribution in [0, 0.1) is 12.7 Å². The van der Waals surface area contributed by atoms with E-state index in [-0.39, 0.29) is 18.3 Å². The van der Waals surface area contributed by atoms with E-state index in [9.17, 15) is 9.18 Å². The minimum Gasteiger partial charge on any atom is -0.483 e. The van der Waals surface area contributed by atoms with Gasteiger partial charge in [-0.1, -0.05) is 35.6 Å². The summed E-state index contributed by atoms with van der Waals surface area (Å²) in [6.45, 7) is 3.17. The van der Waals surface area contributed by atoms with Crippen molar-refractivity contribution in [2.45, 2.75) is 13.3 Å². The molecule has 0 fully saturated rings. The number of aromatic nitrogens is 1. The lowest BCUT2D eigenvalue weighted by atomic mass is 10.2. The molecule has 1 heterocycles. The first-order valence-corrected chi connectivity index (χ1v) is 9.96. The Kier molecular flexibility index (Phi) is 6.59. The zero-order valence-electron chi connectivity index (χ0n) is 16.3. The van der Waals surface area contributed by atoms with Crippen LogP contribution in [0.4, 0.5) is 9.52 Å². The van der Waals surface area contributed by atoms with Gasteiger partial charge in [0.15, 0.2) is 11.7 Å². The first-order chi connectivity index (χ1) is 13.5. The molecule has 0 N–H and O–H groups in total. The normalized spacial score (nSPS) is 11.2.